The number of aliphatic hydroxyl groups is 1. The van der Waals surface area contributed by atoms with Gasteiger partial charge in [-0.2, -0.15) is 0 Å². The fraction of sp³-hybridized carbons (Fsp3) is 0.562. The summed E-state index contributed by atoms with van der Waals surface area (Å²) in [6.45, 7) is 7.52. The third-order valence-corrected chi connectivity index (χ3v) is 3.35. The molecule has 0 aliphatic carbocycles. The second-order valence-electron chi connectivity index (χ2n) is 5.03. The van der Waals surface area contributed by atoms with Gasteiger partial charge in [0.05, 0.1) is 6.10 Å². The number of rotatable bonds is 7. The monoisotopic (exact) mass is 279 g/mol. The van der Waals surface area contributed by atoms with Crippen LogP contribution < -0.4 is 10.1 Å². The highest BCUT2D eigenvalue weighted by Crippen LogP contribution is 2.19. The Bertz CT molecular complexity index is 427. The van der Waals surface area contributed by atoms with Crippen molar-refractivity contribution in [3.63, 3.8) is 0 Å². The summed E-state index contributed by atoms with van der Waals surface area (Å²) in [5.74, 6) is 0.483. The molecule has 1 rings (SSSR count). The van der Waals surface area contributed by atoms with Gasteiger partial charge in [-0.15, -0.1) is 0 Å². The van der Waals surface area contributed by atoms with E-state index in [1.165, 1.54) is 0 Å². The maximum Gasteiger partial charge on any atom is 0.260 e. The van der Waals surface area contributed by atoms with Crippen LogP contribution in [0.3, 0.4) is 0 Å². The first-order valence-electron chi connectivity index (χ1n) is 7.22. The molecule has 0 saturated heterocycles. The lowest BCUT2D eigenvalue weighted by Gasteiger charge is -2.19. The molecule has 0 saturated carbocycles. The van der Waals surface area contributed by atoms with Crippen molar-refractivity contribution in [3.8, 4) is 5.75 Å². The molecule has 0 fully saturated rings. The number of nitrogens with one attached hydrogen (secondary N) is 1. The highest BCUT2D eigenvalue weighted by atomic mass is 16.5. The predicted molar refractivity (Wildman–Crippen MR) is 79.7 cm³/mol. The van der Waals surface area contributed by atoms with Gasteiger partial charge in [-0.3, -0.25) is 4.79 Å². The first-order chi connectivity index (χ1) is 9.47. The van der Waals surface area contributed by atoms with E-state index in [1.807, 2.05) is 26.0 Å². The molecule has 20 heavy (non-hydrogen) atoms. The summed E-state index contributed by atoms with van der Waals surface area (Å²) >= 11 is 0. The van der Waals surface area contributed by atoms with Gasteiger partial charge in [0.2, 0.25) is 0 Å². The Labute approximate surface area is 121 Å². The first kappa shape index (κ1) is 16.5. The Morgan fingerprint density at radius 1 is 1.30 bits per heavy atom. The normalized spacial score (nSPS) is 13.9. The largest absolute Gasteiger partial charge is 0.481 e. The van der Waals surface area contributed by atoms with E-state index in [2.05, 4.69) is 5.32 Å². The number of amides is 1. The van der Waals surface area contributed by atoms with E-state index in [0.717, 1.165) is 18.4 Å². The Kier molecular flexibility index (Phi) is 6.52. The molecule has 0 aliphatic heterocycles. The molecular formula is C16H25NO3. The third-order valence-electron chi connectivity index (χ3n) is 3.35. The van der Waals surface area contributed by atoms with Gasteiger partial charge < -0.3 is 15.2 Å². The molecule has 1 aromatic carbocycles. The van der Waals surface area contributed by atoms with E-state index in [0.29, 0.717) is 5.75 Å². The molecule has 0 spiro atoms. The maximum absolute atomic E-state index is 12.0. The number of carbonyl (C=O) groups is 1. The minimum absolute atomic E-state index is 0.110. The zero-order valence-corrected chi connectivity index (χ0v) is 12.7. The minimum Gasteiger partial charge on any atom is -0.481 e. The van der Waals surface area contributed by atoms with Gasteiger partial charge >= 0.3 is 0 Å². The van der Waals surface area contributed by atoms with Gasteiger partial charge in [0.15, 0.2) is 6.10 Å². The van der Waals surface area contributed by atoms with Crippen molar-refractivity contribution in [1.82, 2.24) is 5.32 Å². The number of aliphatic hydroxyl groups excluding tert-OH is 1. The zero-order chi connectivity index (χ0) is 15.1. The molecule has 1 aromatic rings. The van der Waals surface area contributed by atoms with Gasteiger partial charge in [-0.05, 0) is 44.4 Å². The summed E-state index contributed by atoms with van der Waals surface area (Å²) in [6, 6.07) is 7.37. The highest BCUT2D eigenvalue weighted by molar-refractivity contribution is 5.81. The van der Waals surface area contributed by atoms with Crippen LogP contribution in [0.1, 0.15) is 52.2 Å². The van der Waals surface area contributed by atoms with Crippen molar-refractivity contribution >= 4 is 5.91 Å². The molecule has 1 amide bonds. The summed E-state index contributed by atoms with van der Waals surface area (Å²) < 4.78 is 5.63. The van der Waals surface area contributed by atoms with Crippen LogP contribution >= 0.6 is 0 Å². The van der Waals surface area contributed by atoms with Crippen LogP contribution in [0.5, 0.6) is 5.75 Å². The molecule has 2 N–H and O–H groups in total. The molecule has 0 aromatic heterocycles. The van der Waals surface area contributed by atoms with E-state index in [1.54, 1.807) is 26.0 Å². The fourth-order valence-corrected chi connectivity index (χ4v) is 1.92. The van der Waals surface area contributed by atoms with Gasteiger partial charge in [0, 0.05) is 6.04 Å². The third kappa shape index (κ3) is 4.85. The zero-order valence-electron chi connectivity index (χ0n) is 12.7. The molecule has 0 heterocycles. The van der Waals surface area contributed by atoms with Crippen molar-refractivity contribution in [1.29, 1.82) is 0 Å². The summed E-state index contributed by atoms with van der Waals surface area (Å²) in [5, 5.41) is 12.5. The fourth-order valence-electron chi connectivity index (χ4n) is 1.92. The molecule has 0 aliphatic rings. The molecule has 4 heteroatoms. The van der Waals surface area contributed by atoms with E-state index in [4.69, 9.17) is 4.74 Å². The minimum atomic E-state index is -0.556. The number of hydrogen-bond acceptors (Lipinski definition) is 3. The van der Waals surface area contributed by atoms with Crippen LogP contribution in [0.4, 0.5) is 0 Å². The van der Waals surface area contributed by atoms with Gasteiger partial charge in [0.1, 0.15) is 5.75 Å². The van der Waals surface area contributed by atoms with E-state index in [9.17, 15) is 9.90 Å². The predicted octanol–water partition coefficient (Wildman–Crippen LogP) is 2.81. The van der Waals surface area contributed by atoms with Crippen LogP contribution in [0.15, 0.2) is 24.3 Å². The van der Waals surface area contributed by atoms with Crippen LogP contribution in [-0.2, 0) is 4.79 Å². The average Bonchev–Trinajstić information content (AvgIpc) is 2.44. The van der Waals surface area contributed by atoms with Crippen LogP contribution in [0.25, 0.3) is 0 Å². The SMILES string of the molecule is CCC(CC)NC(=O)C(C)Oc1cccc(C(C)O)c1. The van der Waals surface area contributed by atoms with Crippen molar-refractivity contribution in [2.45, 2.75) is 58.8 Å². The molecule has 112 valence electrons. The molecular weight excluding hydrogens is 254 g/mol. The molecule has 2 atom stereocenters. The number of ether oxygens (including phenoxy) is 1. The Balaban J connectivity index is 2.63. The standard InChI is InChI=1S/C16H25NO3/c1-5-14(6-2)17-16(19)12(4)20-15-9-7-8-13(10-15)11(3)18/h7-12,14,18H,5-6H2,1-4H3,(H,17,19). The Hall–Kier alpha value is -1.55. The molecule has 2 unspecified atom stereocenters. The average molecular weight is 279 g/mol. The lowest BCUT2D eigenvalue weighted by atomic mass is 10.1. The Morgan fingerprint density at radius 2 is 1.95 bits per heavy atom. The van der Waals surface area contributed by atoms with Crippen LogP contribution in [0.2, 0.25) is 0 Å². The molecule has 4 nitrogen and oxygen atoms in total. The van der Waals surface area contributed by atoms with Gasteiger partial charge in [-0.1, -0.05) is 26.0 Å². The lowest BCUT2D eigenvalue weighted by molar-refractivity contribution is -0.128. The second-order valence-corrected chi connectivity index (χ2v) is 5.03. The summed E-state index contributed by atoms with van der Waals surface area (Å²) in [5.41, 5.74) is 0.773. The maximum atomic E-state index is 12.0. The molecule has 0 bridgehead atoms. The van der Waals surface area contributed by atoms with Gasteiger partial charge in [0.25, 0.3) is 5.91 Å². The van der Waals surface area contributed by atoms with Crippen LogP contribution in [0, 0.1) is 0 Å². The van der Waals surface area contributed by atoms with E-state index >= 15 is 0 Å². The quantitative estimate of drug-likeness (QED) is 0.807. The van der Waals surface area contributed by atoms with Gasteiger partial charge in [-0.25, -0.2) is 0 Å². The van der Waals surface area contributed by atoms with E-state index in [-0.39, 0.29) is 11.9 Å². The van der Waals surface area contributed by atoms with Crippen LogP contribution in [-0.4, -0.2) is 23.2 Å². The highest BCUT2D eigenvalue weighted by Gasteiger charge is 2.17. The van der Waals surface area contributed by atoms with Crippen molar-refractivity contribution in [2.24, 2.45) is 0 Å². The van der Waals surface area contributed by atoms with E-state index < -0.39 is 12.2 Å². The summed E-state index contributed by atoms with van der Waals surface area (Å²) in [4.78, 5) is 12.0. The first-order valence-corrected chi connectivity index (χ1v) is 7.22. The smallest absolute Gasteiger partial charge is 0.260 e. The van der Waals surface area contributed by atoms with Crippen molar-refractivity contribution in [2.75, 3.05) is 0 Å². The number of benzene rings is 1. The lowest BCUT2D eigenvalue weighted by Crippen LogP contribution is -2.42. The Morgan fingerprint density at radius 3 is 2.50 bits per heavy atom. The number of carbonyl (C=O) groups excluding carboxylic acids is 1. The summed E-state index contributed by atoms with van der Waals surface area (Å²) in [7, 11) is 0. The second kappa shape index (κ2) is 7.90. The summed E-state index contributed by atoms with van der Waals surface area (Å²) in [6.07, 6.45) is 0.714. The van der Waals surface area contributed by atoms with Crippen molar-refractivity contribution in [3.05, 3.63) is 29.8 Å². The topological polar surface area (TPSA) is 58.6 Å². The van der Waals surface area contributed by atoms with Crippen molar-refractivity contribution < 1.29 is 14.6 Å². The number of hydrogen-bond donors (Lipinski definition) is 2. The molecule has 0 radical (unpaired) electrons.